The molecule has 104 valence electrons. The molecule has 1 aromatic rings. The normalized spacial score (nSPS) is 17.2. The largest absolute Gasteiger partial charge is 0.479 e. The number of amides is 1. The molecule has 5 heteroatoms. The van der Waals surface area contributed by atoms with Gasteiger partial charge < -0.3 is 15.2 Å². The summed E-state index contributed by atoms with van der Waals surface area (Å²) >= 11 is 0. The Morgan fingerprint density at radius 2 is 2.26 bits per heavy atom. The summed E-state index contributed by atoms with van der Waals surface area (Å²) < 4.78 is 5.53. The van der Waals surface area contributed by atoms with Crippen LogP contribution in [0.5, 0.6) is 5.75 Å². The predicted molar refractivity (Wildman–Crippen MR) is 70.6 cm³/mol. The Hall–Kier alpha value is -1.62. The molecular weight excluding hydrogens is 244 g/mol. The fourth-order valence-electron chi connectivity index (χ4n) is 2.22. The number of rotatable bonds is 5. The third kappa shape index (κ3) is 3.92. The maximum absolute atomic E-state index is 11.9. The van der Waals surface area contributed by atoms with Gasteiger partial charge in [0.25, 0.3) is 5.91 Å². The van der Waals surface area contributed by atoms with Gasteiger partial charge in [0.2, 0.25) is 0 Å². The summed E-state index contributed by atoms with van der Waals surface area (Å²) in [4.78, 5) is 15.9. The van der Waals surface area contributed by atoms with Crippen molar-refractivity contribution in [3.8, 4) is 5.75 Å². The van der Waals surface area contributed by atoms with Crippen LogP contribution in [-0.4, -0.2) is 28.1 Å². The monoisotopic (exact) mass is 264 g/mol. The van der Waals surface area contributed by atoms with E-state index in [4.69, 9.17) is 9.84 Å². The molecule has 0 aromatic carbocycles. The fourth-order valence-corrected chi connectivity index (χ4v) is 2.22. The van der Waals surface area contributed by atoms with Crippen LogP contribution in [0.1, 0.15) is 38.3 Å². The van der Waals surface area contributed by atoms with Gasteiger partial charge in [0.05, 0.1) is 18.5 Å². The van der Waals surface area contributed by atoms with E-state index in [2.05, 4.69) is 10.3 Å². The van der Waals surface area contributed by atoms with E-state index in [0.29, 0.717) is 17.5 Å². The standard InChI is InChI=1S/C14H20N2O3/c1-10(14(18)16-11-4-2-3-5-11)19-13-7-6-12(9-17)15-8-13/h6-8,10-11,17H,2-5,9H2,1H3,(H,16,18). The Kier molecular flexibility index (Phi) is 4.74. The highest BCUT2D eigenvalue weighted by atomic mass is 16.5. The number of ether oxygens (including phenoxy) is 1. The number of carbonyl (C=O) groups is 1. The molecule has 0 radical (unpaired) electrons. The van der Waals surface area contributed by atoms with Gasteiger partial charge in [0.15, 0.2) is 6.10 Å². The van der Waals surface area contributed by atoms with Crippen molar-refractivity contribution in [1.29, 1.82) is 0 Å². The van der Waals surface area contributed by atoms with Crippen molar-refractivity contribution in [2.75, 3.05) is 0 Å². The number of aliphatic hydroxyl groups is 1. The third-order valence-electron chi connectivity index (χ3n) is 3.34. The van der Waals surface area contributed by atoms with Crippen molar-refractivity contribution in [3.05, 3.63) is 24.0 Å². The summed E-state index contributed by atoms with van der Waals surface area (Å²) in [5.41, 5.74) is 0.579. The smallest absolute Gasteiger partial charge is 0.260 e. The van der Waals surface area contributed by atoms with Crippen LogP contribution in [0.15, 0.2) is 18.3 Å². The molecule has 1 heterocycles. The molecule has 1 aliphatic rings. The SMILES string of the molecule is CC(Oc1ccc(CO)nc1)C(=O)NC1CCCC1. The van der Waals surface area contributed by atoms with Crippen molar-refractivity contribution in [1.82, 2.24) is 10.3 Å². The van der Waals surface area contributed by atoms with Gasteiger partial charge in [-0.15, -0.1) is 0 Å². The van der Waals surface area contributed by atoms with E-state index >= 15 is 0 Å². The molecule has 0 saturated heterocycles. The quantitative estimate of drug-likeness (QED) is 0.843. The summed E-state index contributed by atoms with van der Waals surface area (Å²) in [6.45, 7) is 1.63. The van der Waals surface area contributed by atoms with Crippen molar-refractivity contribution in [2.45, 2.75) is 51.4 Å². The minimum absolute atomic E-state index is 0.0851. The number of aliphatic hydroxyl groups excluding tert-OH is 1. The molecular formula is C14H20N2O3. The van der Waals surface area contributed by atoms with E-state index in [1.807, 2.05) is 0 Å². The maximum atomic E-state index is 11.9. The summed E-state index contributed by atoms with van der Waals surface area (Å²) in [6, 6.07) is 3.68. The van der Waals surface area contributed by atoms with Crippen LogP contribution >= 0.6 is 0 Å². The third-order valence-corrected chi connectivity index (χ3v) is 3.34. The van der Waals surface area contributed by atoms with Crippen molar-refractivity contribution in [2.24, 2.45) is 0 Å². The number of hydrogen-bond acceptors (Lipinski definition) is 4. The summed E-state index contributed by atoms with van der Waals surface area (Å²) in [5, 5.41) is 11.9. The Morgan fingerprint density at radius 3 is 2.84 bits per heavy atom. The molecule has 1 aromatic heterocycles. The molecule has 1 amide bonds. The second-order valence-electron chi connectivity index (χ2n) is 4.89. The topological polar surface area (TPSA) is 71.5 Å². The highest BCUT2D eigenvalue weighted by molar-refractivity contribution is 5.81. The van der Waals surface area contributed by atoms with Crippen molar-refractivity contribution < 1.29 is 14.6 Å². The minimum Gasteiger partial charge on any atom is -0.479 e. The van der Waals surface area contributed by atoms with Gasteiger partial charge in [-0.1, -0.05) is 12.8 Å². The zero-order chi connectivity index (χ0) is 13.7. The summed E-state index contributed by atoms with van der Waals surface area (Å²) in [6.07, 6.45) is 5.48. The number of aromatic nitrogens is 1. The Balaban J connectivity index is 1.84. The first-order valence-electron chi connectivity index (χ1n) is 6.72. The van der Waals surface area contributed by atoms with Crippen LogP contribution < -0.4 is 10.1 Å². The van der Waals surface area contributed by atoms with Crippen LogP contribution in [0.25, 0.3) is 0 Å². The molecule has 2 N–H and O–H groups in total. The molecule has 1 aliphatic carbocycles. The molecule has 19 heavy (non-hydrogen) atoms. The van der Waals surface area contributed by atoms with Gasteiger partial charge in [-0.3, -0.25) is 9.78 Å². The molecule has 1 fully saturated rings. The van der Waals surface area contributed by atoms with Gasteiger partial charge >= 0.3 is 0 Å². The highest BCUT2D eigenvalue weighted by Crippen LogP contribution is 2.18. The molecule has 5 nitrogen and oxygen atoms in total. The van der Waals surface area contributed by atoms with Gasteiger partial charge in [-0.25, -0.2) is 0 Å². The average molecular weight is 264 g/mol. The Morgan fingerprint density at radius 1 is 1.53 bits per heavy atom. The van der Waals surface area contributed by atoms with E-state index in [9.17, 15) is 4.79 Å². The molecule has 0 spiro atoms. The van der Waals surface area contributed by atoms with Gasteiger partial charge in [-0.05, 0) is 31.9 Å². The zero-order valence-corrected chi connectivity index (χ0v) is 11.1. The van der Waals surface area contributed by atoms with Crippen LogP contribution in [0.3, 0.4) is 0 Å². The van der Waals surface area contributed by atoms with Crippen LogP contribution in [0.4, 0.5) is 0 Å². The molecule has 1 saturated carbocycles. The number of hydrogen-bond donors (Lipinski definition) is 2. The lowest BCUT2D eigenvalue weighted by molar-refractivity contribution is -0.127. The first-order valence-corrected chi connectivity index (χ1v) is 6.72. The number of nitrogens with zero attached hydrogens (tertiary/aromatic N) is 1. The number of nitrogens with one attached hydrogen (secondary N) is 1. The average Bonchev–Trinajstić information content (AvgIpc) is 2.92. The van der Waals surface area contributed by atoms with Crippen LogP contribution in [0, 0.1) is 0 Å². The van der Waals surface area contributed by atoms with Crippen LogP contribution in [0.2, 0.25) is 0 Å². The van der Waals surface area contributed by atoms with E-state index in [-0.39, 0.29) is 12.5 Å². The molecule has 2 rings (SSSR count). The fraction of sp³-hybridized carbons (Fsp3) is 0.571. The predicted octanol–water partition coefficient (Wildman–Crippen LogP) is 1.40. The van der Waals surface area contributed by atoms with Gasteiger partial charge in [0, 0.05) is 6.04 Å². The summed E-state index contributed by atoms with van der Waals surface area (Å²) in [7, 11) is 0. The maximum Gasteiger partial charge on any atom is 0.260 e. The lowest BCUT2D eigenvalue weighted by atomic mass is 10.2. The van der Waals surface area contributed by atoms with Crippen molar-refractivity contribution >= 4 is 5.91 Å². The highest BCUT2D eigenvalue weighted by Gasteiger charge is 2.21. The first kappa shape index (κ1) is 13.8. The van der Waals surface area contributed by atoms with Gasteiger partial charge in [0.1, 0.15) is 5.75 Å². The summed E-state index contributed by atoms with van der Waals surface area (Å²) in [5.74, 6) is 0.449. The number of carbonyl (C=O) groups excluding carboxylic acids is 1. The lowest BCUT2D eigenvalue weighted by Gasteiger charge is -2.17. The molecule has 0 aliphatic heterocycles. The van der Waals surface area contributed by atoms with E-state index in [1.54, 1.807) is 19.1 Å². The molecule has 1 atom stereocenters. The van der Waals surface area contributed by atoms with E-state index in [0.717, 1.165) is 12.8 Å². The van der Waals surface area contributed by atoms with E-state index in [1.165, 1.54) is 19.0 Å². The van der Waals surface area contributed by atoms with E-state index < -0.39 is 6.10 Å². The Bertz CT molecular complexity index is 413. The minimum atomic E-state index is -0.539. The molecule has 1 unspecified atom stereocenters. The zero-order valence-electron chi connectivity index (χ0n) is 11.1. The van der Waals surface area contributed by atoms with Crippen LogP contribution in [-0.2, 0) is 11.4 Å². The Labute approximate surface area is 113 Å². The van der Waals surface area contributed by atoms with Gasteiger partial charge in [-0.2, -0.15) is 0 Å². The second-order valence-corrected chi connectivity index (χ2v) is 4.89. The second kappa shape index (κ2) is 6.52. The first-order chi connectivity index (χ1) is 9.19. The molecule has 0 bridgehead atoms. The lowest BCUT2D eigenvalue weighted by Crippen LogP contribution is -2.41. The van der Waals surface area contributed by atoms with Crippen molar-refractivity contribution in [3.63, 3.8) is 0 Å². The number of pyridine rings is 1.